The van der Waals surface area contributed by atoms with E-state index in [1.807, 2.05) is 0 Å². The Morgan fingerprint density at radius 3 is 2.50 bits per heavy atom. The van der Waals surface area contributed by atoms with Gasteiger partial charge in [-0.25, -0.2) is 18.7 Å². The zero-order valence-electron chi connectivity index (χ0n) is 8.54. The molecule has 0 bridgehead atoms. The van der Waals surface area contributed by atoms with Crippen LogP contribution in [0.15, 0.2) is 18.2 Å². The Kier molecular flexibility index (Phi) is 3.02. The lowest BCUT2D eigenvalue weighted by Gasteiger charge is -2.14. The second kappa shape index (κ2) is 4.24. The van der Waals surface area contributed by atoms with Gasteiger partial charge in [0.15, 0.2) is 0 Å². The maximum absolute atomic E-state index is 13.1. The molecule has 2 aromatic rings. The summed E-state index contributed by atoms with van der Waals surface area (Å²) in [6, 6.07) is 3.52. The van der Waals surface area contributed by atoms with Crippen LogP contribution in [0.1, 0.15) is 5.82 Å². The lowest BCUT2D eigenvalue weighted by molar-refractivity contribution is -0.140. The molecule has 1 heterocycles. The van der Waals surface area contributed by atoms with E-state index in [0.29, 0.717) is 0 Å². The number of phenols is 1. The van der Waals surface area contributed by atoms with E-state index in [0.717, 1.165) is 6.07 Å². The smallest absolute Gasteiger partial charge is 0.365 e. The zero-order valence-corrected chi connectivity index (χ0v) is 9.30. The van der Waals surface area contributed by atoms with Crippen molar-refractivity contribution in [1.82, 2.24) is 9.97 Å². The van der Waals surface area contributed by atoms with E-state index in [-0.39, 0.29) is 16.7 Å². The Morgan fingerprint density at radius 2 is 1.89 bits per heavy atom. The minimum atomic E-state index is -4.48. The van der Waals surface area contributed by atoms with E-state index >= 15 is 0 Å². The van der Waals surface area contributed by atoms with Crippen LogP contribution in [0.5, 0.6) is 5.75 Å². The van der Waals surface area contributed by atoms with Gasteiger partial charge in [-0.3, -0.25) is 0 Å². The van der Waals surface area contributed by atoms with Gasteiger partial charge in [0, 0.05) is 5.39 Å². The largest absolute Gasteiger partial charge is 0.508 e. The van der Waals surface area contributed by atoms with Crippen molar-refractivity contribution in [1.29, 1.82) is 0 Å². The number of phenolic OH excluding ortho intramolecular Hbond substituents is 1. The Bertz CT molecular complexity index is 606. The van der Waals surface area contributed by atoms with Crippen molar-refractivity contribution in [3.63, 3.8) is 0 Å². The average molecular weight is 281 g/mol. The summed E-state index contributed by atoms with van der Waals surface area (Å²) in [6.07, 6.45) is -3.93. The number of rotatable bonds is 2. The first kappa shape index (κ1) is 12.8. The van der Waals surface area contributed by atoms with Gasteiger partial charge in [-0.05, 0) is 18.2 Å². The Hall–Kier alpha value is -1.63. The lowest BCUT2D eigenvalue weighted by atomic mass is 10.2. The third-order valence-corrected chi connectivity index (χ3v) is 2.49. The van der Waals surface area contributed by atoms with Gasteiger partial charge in [-0.1, -0.05) is 11.6 Å². The highest BCUT2D eigenvalue weighted by atomic mass is 35.5. The van der Waals surface area contributed by atoms with Gasteiger partial charge < -0.3 is 5.11 Å². The molecule has 0 saturated carbocycles. The van der Waals surface area contributed by atoms with Crippen LogP contribution in [-0.2, 0) is 5.92 Å². The van der Waals surface area contributed by atoms with Crippen molar-refractivity contribution in [2.45, 2.75) is 12.3 Å². The number of alkyl halides is 4. The fourth-order valence-corrected chi connectivity index (χ4v) is 1.56. The van der Waals surface area contributed by atoms with Gasteiger partial charge in [0.2, 0.25) is 5.82 Å². The maximum atomic E-state index is 13.1. The first-order valence-corrected chi connectivity index (χ1v) is 5.03. The molecule has 0 aliphatic rings. The van der Waals surface area contributed by atoms with E-state index in [2.05, 4.69) is 9.97 Å². The van der Waals surface area contributed by atoms with Crippen LogP contribution < -0.4 is 0 Å². The van der Waals surface area contributed by atoms with Gasteiger partial charge in [-0.15, -0.1) is 0 Å². The summed E-state index contributed by atoms with van der Waals surface area (Å²) in [6.45, 7) is 0. The normalized spacial score (nSPS) is 12.3. The van der Waals surface area contributed by atoms with Crippen molar-refractivity contribution in [3.05, 3.63) is 29.2 Å². The summed E-state index contributed by atoms with van der Waals surface area (Å²) in [7, 11) is 0. The van der Waals surface area contributed by atoms with E-state index in [1.54, 1.807) is 0 Å². The predicted molar refractivity (Wildman–Crippen MR) is 56.1 cm³/mol. The molecule has 1 N–H and O–H groups in total. The summed E-state index contributed by atoms with van der Waals surface area (Å²) in [5.41, 5.74) is -0.0527. The maximum Gasteiger partial charge on any atom is 0.365 e. The minimum Gasteiger partial charge on any atom is -0.508 e. The molecular weight excluding hydrogens is 276 g/mol. The van der Waals surface area contributed by atoms with E-state index < -0.39 is 23.3 Å². The minimum absolute atomic E-state index is 0.0527. The molecule has 0 aliphatic carbocycles. The van der Waals surface area contributed by atoms with Crippen molar-refractivity contribution in [2.24, 2.45) is 0 Å². The lowest BCUT2D eigenvalue weighted by Crippen LogP contribution is -2.26. The van der Waals surface area contributed by atoms with Crippen molar-refractivity contribution in [2.75, 3.05) is 0 Å². The van der Waals surface area contributed by atoms with Gasteiger partial charge in [-0.2, -0.15) is 8.78 Å². The zero-order chi connectivity index (χ0) is 13.5. The fraction of sp³-hybridized carbons (Fsp3) is 0.200. The number of halogens is 5. The molecule has 0 fully saturated rings. The highest BCUT2D eigenvalue weighted by Crippen LogP contribution is 2.34. The van der Waals surface area contributed by atoms with Gasteiger partial charge >= 0.3 is 12.3 Å². The molecule has 1 aromatic carbocycles. The summed E-state index contributed by atoms with van der Waals surface area (Å²) >= 11 is 5.60. The number of aromatic hydroxyl groups is 1. The third kappa shape index (κ3) is 2.05. The number of benzene rings is 1. The molecule has 0 unspecified atom stereocenters. The number of nitrogens with zero attached hydrogens (tertiary/aromatic N) is 2. The predicted octanol–water partition coefficient (Wildman–Crippen LogP) is 3.35. The molecule has 1 aromatic heterocycles. The molecule has 3 nitrogen and oxygen atoms in total. The summed E-state index contributed by atoms with van der Waals surface area (Å²) in [4.78, 5) is 6.48. The molecule has 2 rings (SSSR count). The van der Waals surface area contributed by atoms with Crippen molar-refractivity contribution in [3.8, 4) is 5.75 Å². The highest BCUT2D eigenvalue weighted by molar-refractivity contribution is 6.34. The summed E-state index contributed by atoms with van der Waals surface area (Å²) in [5, 5.41) is 8.87. The number of hydrogen-bond donors (Lipinski definition) is 1. The first-order valence-electron chi connectivity index (χ1n) is 4.65. The van der Waals surface area contributed by atoms with Crippen molar-refractivity contribution < 1.29 is 22.7 Å². The van der Waals surface area contributed by atoms with E-state index in [1.165, 1.54) is 12.1 Å². The van der Waals surface area contributed by atoms with Crippen LogP contribution in [0.25, 0.3) is 10.9 Å². The van der Waals surface area contributed by atoms with Crippen LogP contribution >= 0.6 is 11.6 Å². The highest BCUT2D eigenvalue weighted by Gasteiger charge is 2.46. The van der Waals surface area contributed by atoms with Gasteiger partial charge in [0.1, 0.15) is 10.9 Å². The molecular formula is C10H5ClF4N2O. The van der Waals surface area contributed by atoms with Crippen LogP contribution in [0, 0.1) is 0 Å². The first-order chi connectivity index (χ1) is 8.32. The van der Waals surface area contributed by atoms with Crippen LogP contribution in [0.2, 0.25) is 5.15 Å². The van der Waals surface area contributed by atoms with Gasteiger partial charge in [0.25, 0.3) is 0 Å². The number of fused-ring (bicyclic) bond motifs is 1. The SMILES string of the molecule is Oc1ccc2nc(C(F)(F)C(F)F)nc(Cl)c2c1. The Labute approximate surface area is 103 Å². The molecule has 0 spiro atoms. The molecule has 0 saturated heterocycles. The van der Waals surface area contributed by atoms with Gasteiger partial charge in [0.05, 0.1) is 5.52 Å². The third-order valence-electron chi connectivity index (χ3n) is 2.20. The second-order valence-electron chi connectivity index (χ2n) is 3.46. The summed E-state index contributed by atoms with van der Waals surface area (Å²) < 4.78 is 50.5. The molecule has 8 heteroatoms. The Morgan fingerprint density at radius 1 is 1.22 bits per heavy atom. The molecule has 0 aliphatic heterocycles. The number of aromatic nitrogens is 2. The molecule has 0 amide bonds. The van der Waals surface area contributed by atoms with Crippen LogP contribution in [0.4, 0.5) is 17.6 Å². The quantitative estimate of drug-likeness (QED) is 0.678. The van der Waals surface area contributed by atoms with E-state index in [4.69, 9.17) is 11.6 Å². The average Bonchev–Trinajstić information content (AvgIpc) is 2.29. The van der Waals surface area contributed by atoms with Crippen molar-refractivity contribution >= 4 is 22.5 Å². The molecule has 0 radical (unpaired) electrons. The fourth-order valence-electron chi connectivity index (χ4n) is 1.33. The standard InChI is InChI=1S/C10H5ClF4N2O/c11-7-5-3-4(18)1-2-6(5)16-9(17-7)10(14,15)8(12)13/h1-3,8,18H. The number of hydrogen-bond acceptors (Lipinski definition) is 3. The topological polar surface area (TPSA) is 46.0 Å². The second-order valence-corrected chi connectivity index (χ2v) is 3.82. The van der Waals surface area contributed by atoms with Crippen LogP contribution in [-0.4, -0.2) is 21.5 Å². The molecule has 18 heavy (non-hydrogen) atoms. The Balaban J connectivity index is 2.67. The van der Waals surface area contributed by atoms with E-state index in [9.17, 15) is 22.7 Å². The van der Waals surface area contributed by atoms with Crippen LogP contribution in [0.3, 0.4) is 0 Å². The molecule has 96 valence electrons. The molecule has 0 atom stereocenters. The summed E-state index contributed by atoms with van der Waals surface area (Å²) in [5.74, 6) is -5.99. The monoisotopic (exact) mass is 280 g/mol.